The van der Waals surface area contributed by atoms with Crippen LogP contribution in [0.1, 0.15) is 17.9 Å². The molecule has 0 spiro atoms. The van der Waals surface area contributed by atoms with Crippen LogP contribution in [-0.4, -0.2) is 28.0 Å². The molecule has 3 heterocycles. The van der Waals surface area contributed by atoms with Gasteiger partial charge in [-0.15, -0.1) is 0 Å². The minimum Gasteiger partial charge on any atom is -0.350 e. The summed E-state index contributed by atoms with van der Waals surface area (Å²) >= 11 is 0. The Bertz CT molecular complexity index is 618. The highest BCUT2D eigenvalue weighted by Crippen LogP contribution is 2.33. The van der Waals surface area contributed by atoms with Gasteiger partial charge in [0, 0.05) is 43.7 Å². The van der Waals surface area contributed by atoms with Gasteiger partial charge in [0.05, 0.1) is 4.92 Å². The van der Waals surface area contributed by atoms with Gasteiger partial charge in [-0.05, 0) is 30.2 Å². The second-order valence-corrected chi connectivity index (χ2v) is 4.82. The van der Waals surface area contributed by atoms with E-state index in [9.17, 15) is 10.1 Å². The van der Waals surface area contributed by atoms with E-state index < -0.39 is 0 Å². The maximum absolute atomic E-state index is 11.1. The first-order valence-electron chi connectivity index (χ1n) is 6.50. The van der Waals surface area contributed by atoms with Crippen LogP contribution in [-0.2, 0) is 0 Å². The maximum Gasteiger partial charge on any atom is 0.311 e. The summed E-state index contributed by atoms with van der Waals surface area (Å²) < 4.78 is 0. The van der Waals surface area contributed by atoms with Gasteiger partial charge in [-0.3, -0.25) is 15.1 Å². The van der Waals surface area contributed by atoms with Gasteiger partial charge in [0.2, 0.25) is 5.82 Å². The van der Waals surface area contributed by atoms with Crippen molar-refractivity contribution < 1.29 is 4.92 Å². The number of aromatic nitrogens is 2. The molecule has 0 saturated carbocycles. The van der Waals surface area contributed by atoms with E-state index in [1.54, 1.807) is 24.7 Å². The summed E-state index contributed by atoms with van der Waals surface area (Å²) in [5.74, 6) is 0.841. The summed E-state index contributed by atoms with van der Waals surface area (Å²) in [6.07, 6.45) is 6.13. The lowest BCUT2D eigenvalue weighted by atomic mass is 10.00. The van der Waals surface area contributed by atoms with E-state index in [4.69, 9.17) is 0 Å². The van der Waals surface area contributed by atoms with E-state index in [1.165, 1.54) is 11.6 Å². The third-order valence-electron chi connectivity index (χ3n) is 3.63. The zero-order valence-electron chi connectivity index (χ0n) is 10.8. The minimum absolute atomic E-state index is 0.0721. The van der Waals surface area contributed by atoms with E-state index >= 15 is 0 Å². The molecule has 0 bridgehead atoms. The van der Waals surface area contributed by atoms with E-state index in [2.05, 4.69) is 9.97 Å². The first kappa shape index (κ1) is 12.5. The lowest BCUT2D eigenvalue weighted by Gasteiger charge is -2.17. The molecule has 1 fully saturated rings. The smallest absolute Gasteiger partial charge is 0.311 e. The Morgan fingerprint density at radius 1 is 1.25 bits per heavy atom. The van der Waals surface area contributed by atoms with E-state index in [0.29, 0.717) is 11.7 Å². The second kappa shape index (κ2) is 5.24. The van der Waals surface area contributed by atoms with E-state index in [0.717, 1.165) is 19.5 Å². The summed E-state index contributed by atoms with van der Waals surface area (Å²) in [4.78, 5) is 20.9. The van der Waals surface area contributed by atoms with Crippen molar-refractivity contribution in [3.05, 3.63) is 58.5 Å². The van der Waals surface area contributed by atoms with Gasteiger partial charge < -0.3 is 4.90 Å². The van der Waals surface area contributed by atoms with Crippen LogP contribution in [0, 0.1) is 10.1 Å². The lowest BCUT2D eigenvalue weighted by molar-refractivity contribution is -0.384. The van der Waals surface area contributed by atoms with Gasteiger partial charge in [-0.25, -0.2) is 4.98 Å². The average molecular weight is 270 g/mol. The van der Waals surface area contributed by atoms with Gasteiger partial charge >= 0.3 is 5.69 Å². The molecule has 1 aliphatic heterocycles. The molecule has 0 amide bonds. The Morgan fingerprint density at radius 2 is 2.05 bits per heavy atom. The molecule has 1 atom stereocenters. The third-order valence-corrected chi connectivity index (χ3v) is 3.63. The van der Waals surface area contributed by atoms with Gasteiger partial charge in [0.25, 0.3) is 0 Å². The number of anilines is 1. The van der Waals surface area contributed by atoms with Crippen molar-refractivity contribution in [1.82, 2.24) is 9.97 Å². The molecule has 0 aliphatic carbocycles. The fourth-order valence-corrected chi connectivity index (χ4v) is 2.63. The highest BCUT2D eigenvalue weighted by atomic mass is 16.6. The molecule has 1 saturated heterocycles. The molecular formula is C14H14N4O2. The molecule has 2 aromatic heterocycles. The molecule has 0 radical (unpaired) electrons. The van der Waals surface area contributed by atoms with Crippen molar-refractivity contribution in [2.75, 3.05) is 18.0 Å². The van der Waals surface area contributed by atoms with Crippen LogP contribution in [0.15, 0.2) is 42.9 Å². The first-order valence-corrected chi connectivity index (χ1v) is 6.50. The SMILES string of the molecule is O=[N+]([O-])c1cccnc1N1CCC(c2ccncc2)C1. The van der Waals surface area contributed by atoms with Crippen molar-refractivity contribution in [1.29, 1.82) is 0 Å². The molecule has 3 rings (SSSR count). The molecule has 20 heavy (non-hydrogen) atoms. The fourth-order valence-electron chi connectivity index (χ4n) is 2.63. The number of hydrogen-bond donors (Lipinski definition) is 0. The summed E-state index contributed by atoms with van der Waals surface area (Å²) in [7, 11) is 0. The van der Waals surface area contributed by atoms with Crippen LogP contribution < -0.4 is 4.90 Å². The largest absolute Gasteiger partial charge is 0.350 e. The van der Waals surface area contributed by atoms with Crippen molar-refractivity contribution in [2.45, 2.75) is 12.3 Å². The van der Waals surface area contributed by atoms with Crippen molar-refractivity contribution >= 4 is 11.5 Å². The van der Waals surface area contributed by atoms with E-state index in [-0.39, 0.29) is 10.6 Å². The Kier molecular flexibility index (Phi) is 3.28. The van der Waals surface area contributed by atoms with Crippen molar-refractivity contribution in [3.63, 3.8) is 0 Å². The highest BCUT2D eigenvalue weighted by molar-refractivity contribution is 5.58. The summed E-state index contributed by atoms with van der Waals surface area (Å²) in [5, 5.41) is 11.1. The van der Waals surface area contributed by atoms with Crippen LogP contribution in [0.2, 0.25) is 0 Å². The van der Waals surface area contributed by atoms with Crippen molar-refractivity contribution in [3.8, 4) is 0 Å². The normalized spacial score (nSPS) is 18.2. The third kappa shape index (κ3) is 2.32. The summed E-state index contributed by atoms with van der Waals surface area (Å²) in [6, 6.07) is 7.10. The van der Waals surface area contributed by atoms with Crippen LogP contribution in [0.3, 0.4) is 0 Å². The topological polar surface area (TPSA) is 72.2 Å². The van der Waals surface area contributed by atoms with Gasteiger partial charge in [-0.1, -0.05) is 0 Å². The fraction of sp³-hybridized carbons (Fsp3) is 0.286. The predicted molar refractivity (Wildman–Crippen MR) is 74.7 cm³/mol. The minimum atomic E-state index is -0.373. The molecule has 6 nitrogen and oxygen atoms in total. The molecule has 6 heteroatoms. The number of rotatable bonds is 3. The first-order chi connectivity index (χ1) is 9.75. The van der Waals surface area contributed by atoms with Gasteiger partial charge in [0.15, 0.2) is 0 Å². The Morgan fingerprint density at radius 3 is 2.80 bits per heavy atom. The van der Waals surface area contributed by atoms with Crippen LogP contribution in [0.25, 0.3) is 0 Å². The van der Waals surface area contributed by atoms with Crippen LogP contribution in [0.5, 0.6) is 0 Å². The van der Waals surface area contributed by atoms with Crippen molar-refractivity contribution in [2.24, 2.45) is 0 Å². The molecular weight excluding hydrogens is 256 g/mol. The highest BCUT2D eigenvalue weighted by Gasteiger charge is 2.29. The molecule has 1 unspecified atom stereocenters. The lowest BCUT2D eigenvalue weighted by Crippen LogP contribution is -2.21. The Hall–Kier alpha value is -2.50. The quantitative estimate of drug-likeness (QED) is 0.632. The number of hydrogen-bond acceptors (Lipinski definition) is 5. The molecule has 1 aliphatic rings. The van der Waals surface area contributed by atoms with Gasteiger partial charge in [-0.2, -0.15) is 0 Å². The average Bonchev–Trinajstić information content (AvgIpc) is 2.98. The van der Waals surface area contributed by atoms with Crippen LogP contribution >= 0.6 is 0 Å². The molecule has 0 N–H and O–H groups in total. The zero-order chi connectivity index (χ0) is 13.9. The monoisotopic (exact) mass is 270 g/mol. The molecule has 102 valence electrons. The predicted octanol–water partition coefficient (Wildman–Crippen LogP) is 2.38. The molecule has 2 aromatic rings. The number of nitro groups is 1. The number of pyridine rings is 2. The zero-order valence-corrected chi connectivity index (χ0v) is 10.8. The molecule has 0 aromatic carbocycles. The van der Waals surface area contributed by atoms with Crippen LogP contribution in [0.4, 0.5) is 11.5 Å². The van der Waals surface area contributed by atoms with E-state index in [1.807, 2.05) is 17.0 Å². The second-order valence-electron chi connectivity index (χ2n) is 4.82. The summed E-state index contributed by atoms with van der Waals surface area (Å²) in [6.45, 7) is 1.53. The Balaban J connectivity index is 1.83. The summed E-state index contributed by atoms with van der Waals surface area (Å²) in [5.41, 5.74) is 1.30. The van der Waals surface area contributed by atoms with Gasteiger partial charge in [0.1, 0.15) is 0 Å². The Labute approximate surface area is 116 Å². The standard InChI is InChI=1S/C14H14N4O2/c19-18(20)13-2-1-6-16-14(13)17-9-5-12(10-17)11-3-7-15-8-4-11/h1-4,6-8,12H,5,9-10H2. The maximum atomic E-state index is 11.1. The number of nitrogens with zero attached hydrogens (tertiary/aromatic N) is 4.